The number of hydrogen-bond acceptors (Lipinski definition) is 3. The Morgan fingerprint density at radius 1 is 1.29 bits per heavy atom. The normalized spacial score (nSPS) is 50.1. The van der Waals surface area contributed by atoms with Crippen molar-refractivity contribution in [3.05, 3.63) is 23.8 Å². The molecular weight excluding hydrogens is 304 g/mol. The van der Waals surface area contributed by atoms with Gasteiger partial charge in [-0.15, -0.1) is 0 Å². The van der Waals surface area contributed by atoms with E-state index in [2.05, 4.69) is 19.6 Å². The van der Waals surface area contributed by atoms with Gasteiger partial charge in [0.25, 0.3) is 0 Å². The van der Waals surface area contributed by atoms with Crippen LogP contribution in [0.3, 0.4) is 0 Å². The minimum absolute atomic E-state index is 0.0950. The Morgan fingerprint density at radius 3 is 2.67 bits per heavy atom. The summed E-state index contributed by atoms with van der Waals surface area (Å²) in [7, 11) is 0. The van der Waals surface area contributed by atoms with E-state index in [9.17, 15) is 19.8 Å². The van der Waals surface area contributed by atoms with E-state index in [1.807, 2.05) is 0 Å². The summed E-state index contributed by atoms with van der Waals surface area (Å²) in [6.45, 7) is 7.88. The van der Waals surface area contributed by atoms with Crippen LogP contribution in [-0.4, -0.2) is 28.1 Å². The van der Waals surface area contributed by atoms with Gasteiger partial charge in [-0.25, -0.2) is 0 Å². The molecule has 4 nitrogen and oxygen atoms in total. The first-order chi connectivity index (χ1) is 11.2. The van der Waals surface area contributed by atoms with Crippen LogP contribution in [0.15, 0.2) is 23.8 Å². The highest BCUT2D eigenvalue weighted by atomic mass is 16.4. The first-order valence-electron chi connectivity index (χ1n) is 9.03. The van der Waals surface area contributed by atoms with Crippen LogP contribution in [0.4, 0.5) is 0 Å². The lowest BCUT2D eigenvalue weighted by atomic mass is 9.43. The van der Waals surface area contributed by atoms with Crippen molar-refractivity contribution < 1.29 is 19.8 Å². The molecule has 2 bridgehead atoms. The fourth-order valence-electron chi connectivity index (χ4n) is 6.81. The number of carboxylic acids is 1. The molecule has 0 saturated heterocycles. The van der Waals surface area contributed by atoms with Crippen molar-refractivity contribution >= 4 is 11.8 Å². The van der Waals surface area contributed by atoms with Crippen molar-refractivity contribution in [2.75, 3.05) is 0 Å². The Balaban J connectivity index is 1.89. The second-order valence-corrected chi connectivity index (χ2v) is 8.93. The molecule has 0 aliphatic heterocycles. The van der Waals surface area contributed by atoms with Crippen molar-refractivity contribution in [1.29, 1.82) is 0 Å². The fourth-order valence-corrected chi connectivity index (χ4v) is 6.81. The predicted octanol–water partition coefficient (Wildman–Crippen LogP) is 3.11. The van der Waals surface area contributed by atoms with Crippen LogP contribution in [0.2, 0.25) is 0 Å². The van der Waals surface area contributed by atoms with Gasteiger partial charge in [0.15, 0.2) is 5.78 Å². The Bertz CT molecular complexity index is 692. The van der Waals surface area contributed by atoms with Crippen LogP contribution >= 0.6 is 0 Å². The highest BCUT2D eigenvalue weighted by Gasteiger charge is 2.68. The minimum atomic E-state index is -0.940. The van der Waals surface area contributed by atoms with E-state index in [1.165, 1.54) is 0 Å². The first-order valence-corrected chi connectivity index (χ1v) is 9.03. The number of carbonyl (C=O) groups is 2. The molecule has 0 aromatic carbocycles. The van der Waals surface area contributed by atoms with E-state index in [-0.39, 0.29) is 17.6 Å². The summed E-state index contributed by atoms with van der Waals surface area (Å²) < 4.78 is 0. The quantitative estimate of drug-likeness (QED) is 0.572. The first kappa shape index (κ1) is 16.1. The number of fused-ring (bicyclic) bond motifs is 3. The highest BCUT2D eigenvalue weighted by molar-refractivity contribution is 6.05. The SMILES string of the molecule is C=C1C(=O)[C@]23C[C@H]1CC=C2[C@]1(C)CCC[C@@](C)(C(=O)O)[C@H]1[C@@H](O)C3. The van der Waals surface area contributed by atoms with E-state index in [4.69, 9.17) is 0 Å². The number of Topliss-reactive ketones (excluding diaryl/α,β-unsaturated/α-hetero) is 1. The Kier molecular flexibility index (Phi) is 3.08. The maximum atomic E-state index is 13.0. The van der Waals surface area contributed by atoms with E-state index >= 15 is 0 Å². The molecule has 0 unspecified atom stereocenters. The molecule has 4 aliphatic carbocycles. The molecule has 4 aliphatic rings. The minimum Gasteiger partial charge on any atom is -0.481 e. The van der Waals surface area contributed by atoms with Gasteiger partial charge in [-0.3, -0.25) is 9.59 Å². The molecule has 1 spiro atoms. The van der Waals surface area contributed by atoms with Crippen molar-refractivity contribution in [3.63, 3.8) is 0 Å². The molecule has 0 radical (unpaired) electrons. The zero-order valence-electron chi connectivity index (χ0n) is 14.5. The second kappa shape index (κ2) is 4.60. The van der Waals surface area contributed by atoms with Crippen LogP contribution in [0.5, 0.6) is 0 Å². The smallest absolute Gasteiger partial charge is 0.309 e. The van der Waals surface area contributed by atoms with Gasteiger partial charge in [-0.05, 0) is 55.9 Å². The third-order valence-corrected chi connectivity index (χ3v) is 7.75. The summed E-state index contributed by atoms with van der Waals surface area (Å²) in [6, 6.07) is 0. The second-order valence-electron chi connectivity index (χ2n) is 8.93. The summed E-state index contributed by atoms with van der Waals surface area (Å²) in [6.07, 6.45) is 5.60. The Labute approximate surface area is 142 Å². The lowest BCUT2D eigenvalue weighted by Gasteiger charge is -2.60. The number of rotatable bonds is 1. The van der Waals surface area contributed by atoms with E-state index in [0.717, 1.165) is 31.3 Å². The van der Waals surface area contributed by atoms with E-state index < -0.39 is 28.3 Å². The molecule has 4 rings (SSSR count). The van der Waals surface area contributed by atoms with Crippen LogP contribution in [0.1, 0.15) is 52.4 Å². The third kappa shape index (κ3) is 1.63. The summed E-state index contributed by atoms with van der Waals surface area (Å²) >= 11 is 0. The van der Waals surface area contributed by atoms with E-state index in [0.29, 0.717) is 18.4 Å². The number of aliphatic carboxylic acids is 1. The average Bonchev–Trinajstić information content (AvgIpc) is 2.67. The van der Waals surface area contributed by atoms with Gasteiger partial charge in [-0.1, -0.05) is 31.6 Å². The zero-order chi connectivity index (χ0) is 17.5. The Hall–Kier alpha value is -1.42. The highest BCUT2D eigenvalue weighted by Crippen LogP contribution is 2.69. The number of ketones is 1. The summed E-state index contributed by atoms with van der Waals surface area (Å²) in [4.78, 5) is 25.1. The molecule has 3 fully saturated rings. The van der Waals surface area contributed by atoms with Gasteiger partial charge in [-0.2, -0.15) is 0 Å². The van der Waals surface area contributed by atoms with E-state index in [1.54, 1.807) is 6.92 Å². The lowest BCUT2D eigenvalue weighted by Crippen LogP contribution is -2.61. The summed E-state index contributed by atoms with van der Waals surface area (Å²) in [5.74, 6) is -0.878. The molecular formula is C20H26O4. The van der Waals surface area contributed by atoms with Crippen molar-refractivity contribution in [2.45, 2.75) is 58.5 Å². The number of hydrogen-bond donors (Lipinski definition) is 2. The monoisotopic (exact) mass is 330 g/mol. The number of aliphatic hydroxyl groups excluding tert-OH is 1. The molecule has 6 atom stereocenters. The topological polar surface area (TPSA) is 74.6 Å². The van der Waals surface area contributed by atoms with Crippen molar-refractivity contribution in [3.8, 4) is 0 Å². The standard InChI is InChI=1S/C20H26O4/c1-11-12-5-6-14-18(2)7-4-8-19(3,17(23)24)15(18)13(21)10-20(14,9-12)16(11)22/h6,12-13,15,21H,1,4-5,7-10H2,2-3H3,(H,23,24)/t12-,13+,15+,18+,19-,20+/m1/s1. The Morgan fingerprint density at radius 2 is 2.00 bits per heavy atom. The fraction of sp³-hybridized carbons (Fsp3) is 0.700. The number of carboxylic acid groups (broad SMARTS) is 1. The molecule has 0 aromatic rings. The van der Waals surface area contributed by atoms with Gasteiger partial charge in [0, 0.05) is 5.92 Å². The summed E-state index contributed by atoms with van der Waals surface area (Å²) in [5, 5.41) is 20.9. The van der Waals surface area contributed by atoms with Gasteiger partial charge >= 0.3 is 5.97 Å². The average molecular weight is 330 g/mol. The summed E-state index contributed by atoms with van der Waals surface area (Å²) in [5.41, 5.74) is -0.176. The molecule has 4 heteroatoms. The lowest BCUT2D eigenvalue weighted by molar-refractivity contribution is -0.174. The predicted molar refractivity (Wildman–Crippen MR) is 89.2 cm³/mol. The van der Waals surface area contributed by atoms with Gasteiger partial charge < -0.3 is 10.2 Å². The van der Waals surface area contributed by atoms with Crippen LogP contribution < -0.4 is 0 Å². The third-order valence-electron chi connectivity index (χ3n) is 7.75. The van der Waals surface area contributed by atoms with Crippen molar-refractivity contribution in [2.24, 2.45) is 28.1 Å². The number of aliphatic hydroxyl groups is 1. The van der Waals surface area contributed by atoms with Crippen LogP contribution in [0, 0.1) is 28.1 Å². The van der Waals surface area contributed by atoms with Gasteiger partial charge in [0.1, 0.15) is 0 Å². The molecule has 130 valence electrons. The zero-order valence-corrected chi connectivity index (χ0v) is 14.5. The number of carbonyl (C=O) groups excluding carboxylic acids is 1. The largest absolute Gasteiger partial charge is 0.481 e. The molecule has 0 aromatic heterocycles. The maximum Gasteiger partial charge on any atom is 0.309 e. The maximum absolute atomic E-state index is 13.0. The molecule has 3 saturated carbocycles. The molecule has 0 amide bonds. The van der Waals surface area contributed by atoms with Gasteiger partial charge in [0.2, 0.25) is 0 Å². The molecule has 24 heavy (non-hydrogen) atoms. The molecule has 0 heterocycles. The van der Waals surface area contributed by atoms with Crippen LogP contribution in [0.25, 0.3) is 0 Å². The molecule has 2 N–H and O–H groups in total. The number of allylic oxidation sites excluding steroid dienone is 3. The van der Waals surface area contributed by atoms with Crippen LogP contribution in [-0.2, 0) is 9.59 Å². The van der Waals surface area contributed by atoms with Crippen molar-refractivity contribution in [1.82, 2.24) is 0 Å². The van der Waals surface area contributed by atoms with Gasteiger partial charge in [0.05, 0.1) is 16.9 Å².